The van der Waals surface area contributed by atoms with Crippen molar-refractivity contribution in [1.82, 2.24) is 14.7 Å². The van der Waals surface area contributed by atoms with E-state index in [0.29, 0.717) is 17.8 Å². The molecule has 0 atom stereocenters. The second-order valence-corrected chi connectivity index (χ2v) is 8.49. The van der Waals surface area contributed by atoms with Gasteiger partial charge in [0.15, 0.2) is 0 Å². The van der Waals surface area contributed by atoms with Crippen molar-refractivity contribution in [2.75, 3.05) is 18.4 Å². The molecule has 2 aromatic carbocycles. The molecule has 28 heavy (non-hydrogen) atoms. The zero-order valence-electron chi connectivity index (χ0n) is 16.0. The highest BCUT2D eigenvalue weighted by atomic mass is 32.2. The minimum absolute atomic E-state index is 0.130. The number of hydrogen-bond donors (Lipinski definition) is 0. The van der Waals surface area contributed by atoms with Crippen LogP contribution in [-0.2, 0) is 23.6 Å². The van der Waals surface area contributed by atoms with Crippen LogP contribution < -0.4 is 4.31 Å². The molecule has 0 saturated carbocycles. The van der Waals surface area contributed by atoms with Crippen molar-refractivity contribution >= 4 is 21.6 Å². The van der Waals surface area contributed by atoms with Crippen LogP contribution in [0.1, 0.15) is 15.9 Å². The number of rotatable bonds is 6. The van der Waals surface area contributed by atoms with E-state index >= 15 is 0 Å². The molecule has 7 nitrogen and oxygen atoms in total. The van der Waals surface area contributed by atoms with Crippen molar-refractivity contribution in [3.63, 3.8) is 0 Å². The van der Waals surface area contributed by atoms with E-state index < -0.39 is 10.0 Å². The van der Waals surface area contributed by atoms with E-state index in [2.05, 4.69) is 5.10 Å². The van der Waals surface area contributed by atoms with Crippen LogP contribution in [0.25, 0.3) is 0 Å². The summed E-state index contributed by atoms with van der Waals surface area (Å²) in [7, 11) is 1.32. The second-order valence-electron chi connectivity index (χ2n) is 6.52. The van der Waals surface area contributed by atoms with Crippen LogP contribution in [0.4, 0.5) is 5.69 Å². The lowest BCUT2D eigenvalue weighted by Gasteiger charge is -2.20. The summed E-state index contributed by atoms with van der Waals surface area (Å²) >= 11 is 0. The monoisotopic (exact) mass is 398 g/mol. The molecule has 0 radical (unpaired) electrons. The number of hydrogen-bond acceptors (Lipinski definition) is 4. The van der Waals surface area contributed by atoms with Crippen LogP contribution in [0.2, 0.25) is 0 Å². The number of sulfonamides is 1. The van der Waals surface area contributed by atoms with E-state index in [1.165, 1.54) is 35.6 Å². The first kappa shape index (κ1) is 19.6. The van der Waals surface area contributed by atoms with Crippen molar-refractivity contribution in [1.29, 1.82) is 0 Å². The van der Waals surface area contributed by atoms with Gasteiger partial charge in [-0.2, -0.15) is 5.10 Å². The molecule has 0 spiro atoms. The van der Waals surface area contributed by atoms with Crippen molar-refractivity contribution < 1.29 is 13.2 Å². The lowest BCUT2D eigenvalue weighted by molar-refractivity contribution is 0.0785. The summed E-state index contributed by atoms with van der Waals surface area (Å²) < 4.78 is 28.5. The number of nitrogens with zero attached hydrogens (tertiary/aromatic N) is 4. The molecule has 0 aliphatic heterocycles. The first-order chi connectivity index (χ1) is 13.3. The van der Waals surface area contributed by atoms with Crippen LogP contribution in [0.15, 0.2) is 71.9 Å². The largest absolute Gasteiger partial charge is 0.337 e. The summed E-state index contributed by atoms with van der Waals surface area (Å²) in [6.07, 6.45) is 3.55. The molecule has 0 N–H and O–H groups in total. The minimum atomic E-state index is -3.70. The summed E-state index contributed by atoms with van der Waals surface area (Å²) in [6.45, 7) is 0.420. The molecule has 1 amide bonds. The van der Waals surface area contributed by atoms with Gasteiger partial charge in [-0.3, -0.25) is 13.8 Å². The standard InChI is InChI=1S/C20H22N4O3S/c1-22(14-16-13-21-23(2)15-16)20(25)17-9-11-19(12-10-17)28(26,27)24(3)18-7-5-4-6-8-18/h4-13,15H,14H2,1-3H3. The van der Waals surface area contributed by atoms with Gasteiger partial charge in [0.05, 0.1) is 16.8 Å². The Bertz CT molecular complexity index is 1060. The minimum Gasteiger partial charge on any atom is -0.337 e. The summed E-state index contributed by atoms with van der Waals surface area (Å²) in [5.74, 6) is -0.191. The predicted octanol–water partition coefficient (Wildman–Crippen LogP) is 2.52. The molecule has 146 valence electrons. The average molecular weight is 398 g/mol. The fraction of sp³-hybridized carbons (Fsp3) is 0.200. The Balaban J connectivity index is 1.76. The maximum atomic E-state index is 12.8. The lowest BCUT2D eigenvalue weighted by Crippen LogP contribution is -2.27. The number of benzene rings is 2. The fourth-order valence-corrected chi connectivity index (χ4v) is 4.02. The zero-order chi connectivity index (χ0) is 20.3. The molecular formula is C20H22N4O3S. The zero-order valence-corrected chi connectivity index (χ0v) is 16.8. The van der Waals surface area contributed by atoms with Gasteiger partial charge in [-0.1, -0.05) is 18.2 Å². The van der Waals surface area contributed by atoms with E-state index in [4.69, 9.17) is 0 Å². The lowest BCUT2D eigenvalue weighted by atomic mass is 10.2. The van der Waals surface area contributed by atoms with Gasteiger partial charge in [0.25, 0.3) is 15.9 Å². The van der Waals surface area contributed by atoms with Crippen molar-refractivity contribution in [3.8, 4) is 0 Å². The Morgan fingerprint density at radius 2 is 1.68 bits per heavy atom. The Kier molecular flexibility index (Phi) is 5.51. The summed E-state index contributed by atoms with van der Waals surface area (Å²) in [5, 5.41) is 4.09. The summed E-state index contributed by atoms with van der Waals surface area (Å²) in [6, 6.07) is 14.8. The number of carbonyl (C=O) groups excluding carboxylic acids is 1. The van der Waals surface area contributed by atoms with Gasteiger partial charge in [-0.15, -0.1) is 0 Å². The van der Waals surface area contributed by atoms with E-state index in [-0.39, 0.29) is 10.8 Å². The van der Waals surface area contributed by atoms with E-state index in [1.54, 1.807) is 47.1 Å². The number of aromatic nitrogens is 2. The van der Waals surface area contributed by atoms with Gasteiger partial charge in [0.1, 0.15) is 0 Å². The normalized spacial score (nSPS) is 11.2. The molecule has 0 aliphatic rings. The number of anilines is 1. The number of para-hydroxylation sites is 1. The highest BCUT2D eigenvalue weighted by molar-refractivity contribution is 7.92. The van der Waals surface area contributed by atoms with E-state index in [9.17, 15) is 13.2 Å². The maximum Gasteiger partial charge on any atom is 0.264 e. The Labute approximate surface area is 164 Å². The molecule has 8 heteroatoms. The molecule has 0 aliphatic carbocycles. The van der Waals surface area contributed by atoms with Gasteiger partial charge in [0.2, 0.25) is 0 Å². The third kappa shape index (κ3) is 4.07. The Morgan fingerprint density at radius 3 is 2.25 bits per heavy atom. The second kappa shape index (κ2) is 7.85. The highest BCUT2D eigenvalue weighted by Crippen LogP contribution is 2.22. The average Bonchev–Trinajstić information content (AvgIpc) is 3.12. The van der Waals surface area contributed by atoms with Crippen molar-refractivity contribution in [3.05, 3.63) is 78.1 Å². The molecule has 0 saturated heterocycles. The number of aryl methyl sites for hydroxylation is 1. The van der Waals surface area contributed by atoms with Crippen LogP contribution in [0.3, 0.4) is 0 Å². The fourth-order valence-electron chi connectivity index (χ4n) is 2.82. The highest BCUT2D eigenvalue weighted by Gasteiger charge is 2.22. The Hall–Kier alpha value is -3.13. The summed E-state index contributed by atoms with van der Waals surface area (Å²) in [5.41, 5.74) is 1.91. The first-order valence-electron chi connectivity index (χ1n) is 8.66. The number of carbonyl (C=O) groups is 1. The third-order valence-electron chi connectivity index (χ3n) is 4.40. The van der Waals surface area contributed by atoms with Gasteiger partial charge < -0.3 is 4.90 Å². The van der Waals surface area contributed by atoms with Crippen LogP contribution in [0, 0.1) is 0 Å². The van der Waals surface area contributed by atoms with Gasteiger partial charge in [-0.25, -0.2) is 8.42 Å². The van der Waals surface area contributed by atoms with E-state index in [1.807, 2.05) is 19.3 Å². The Morgan fingerprint density at radius 1 is 1.04 bits per heavy atom. The van der Waals surface area contributed by atoms with Crippen molar-refractivity contribution in [2.24, 2.45) is 7.05 Å². The number of amides is 1. The van der Waals surface area contributed by atoms with Crippen molar-refractivity contribution in [2.45, 2.75) is 11.4 Å². The van der Waals surface area contributed by atoms with Crippen LogP contribution in [-0.4, -0.2) is 43.1 Å². The molecule has 0 fully saturated rings. The SMILES string of the molecule is CN(Cc1cnn(C)c1)C(=O)c1ccc(S(=O)(=O)N(C)c2ccccc2)cc1. The summed E-state index contributed by atoms with van der Waals surface area (Å²) in [4.78, 5) is 14.3. The van der Waals surface area contributed by atoms with Gasteiger partial charge >= 0.3 is 0 Å². The first-order valence-corrected chi connectivity index (χ1v) is 10.1. The molecule has 3 rings (SSSR count). The quantitative estimate of drug-likeness (QED) is 0.639. The van der Waals surface area contributed by atoms with E-state index in [0.717, 1.165) is 5.56 Å². The van der Waals surface area contributed by atoms with Gasteiger partial charge in [0, 0.05) is 45.0 Å². The van der Waals surface area contributed by atoms with Crippen LogP contribution >= 0.6 is 0 Å². The smallest absolute Gasteiger partial charge is 0.264 e. The molecular weight excluding hydrogens is 376 g/mol. The molecule has 1 aromatic heterocycles. The molecule has 0 bridgehead atoms. The topological polar surface area (TPSA) is 75.5 Å². The molecule has 1 heterocycles. The molecule has 0 unspecified atom stereocenters. The predicted molar refractivity (Wildman–Crippen MR) is 107 cm³/mol. The maximum absolute atomic E-state index is 12.8. The molecule has 3 aromatic rings. The van der Waals surface area contributed by atoms with Crippen LogP contribution in [0.5, 0.6) is 0 Å². The van der Waals surface area contributed by atoms with Gasteiger partial charge in [-0.05, 0) is 36.4 Å². The third-order valence-corrected chi connectivity index (χ3v) is 6.20.